The Labute approximate surface area is 214 Å². The Bertz CT molecular complexity index is 1340. The molecule has 1 aliphatic rings. The first-order chi connectivity index (χ1) is 16.3. The number of likely N-dealkylation sites (N-methyl/N-ethyl adjacent to an activating group) is 1. The van der Waals surface area contributed by atoms with Crippen molar-refractivity contribution in [3.8, 4) is 6.07 Å². The molecule has 0 spiro atoms. The lowest BCUT2D eigenvalue weighted by Gasteiger charge is -2.37. The zero-order valence-electron chi connectivity index (χ0n) is 19.8. The molecule has 1 fully saturated rings. The van der Waals surface area contributed by atoms with E-state index in [1.54, 1.807) is 27.7 Å². The third-order valence-electron chi connectivity index (χ3n) is 6.08. The maximum atomic E-state index is 13.3. The fraction of sp³-hybridized carbons (Fsp3) is 0.320. The topological polar surface area (TPSA) is 108 Å². The fourth-order valence-electron chi connectivity index (χ4n) is 4.29. The number of halogens is 2. The Morgan fingerprint density at radius 2 is 1.74 bits per heavy atom. The number of pyridine rings is 1. The molecular formula is C25H28Cl2N6O2. The van der Waals surface area contributed by atoms with Crippen molar-refractivity contribution in [1.29, 1.82) is 5.26 Å². The average Bonchev–Trinajstić information content (AvgIpc) is 2.84. The van der Waals surface area contributed by atoms with Crippen LogP contribution in [0.25, 0.3) is 10.9 Å². The third kappa shape index (κ3) is 5.29. The molecule has 0 aliphatic carbocycles. The predicted octanol–water partition coefficient (Wildman–Crippen LogP) is 3.87. The molecule has 0 saturated carbocycles. The first-order valence-corrected chi connectivity index (χ1v) is 11.8. The van der Waals surface area contributed by atoms with Crippen LogP contribution in [0.4, 0.5) is 5.69 Å². The van der Waals surface area contributed by atoms with Crippen LogP contribution < -0.4 is 16.6 Å². The lowest BCUT2D eigenvalue weighted by atomic mass is 10.1. The molecular weight excluding hydrogens is 487 g/mol. The Morgan fingerprint density at radius 1 is 1.06 bits per heavy atom. The molecule has 3 N–H and O–H groups in total. The van der Waals surface area contributed by atoms with Gasteiger partial charge in [0.25, 0.3) is 11.5 Å². The maximum Gasteiger partial charge on any atom is 0.271 e. The van der Waals surface area contributed by atoms with Gasteiger partial charge in [0.1, 0.15) is 11.6 Å². The second-order valence-electron chi connectivity index (χ2n) is 8.52. The number of anilines is 1. The summed E-state index contributed by atoms with van der Waals surface area (Å²) in [4.78, 5) is 32.1. The highest BCUT2D eigenvalue weighted by Crippen LogP contribution is 2.30. The lowest BCUT2D eigenvalue weighted by Crippen LogP contribution is -2.49. The van der Waals surface area contributed by atoms with E-state index in [0.29, 0.717) is 60.6 Å². The van der Waals surface area contributed by atoms with E-state index in [9.17, 15) is 14.9 Å². The summed E-state index contributed by atoms with van der Waals surface area (Å²) in [5, 5.41) is 11.5. The Morgan fingerprint density at radius 3 is 2.37 bits per heavy atom. The molecule has 0 atom stereocenters. The van der Waals surface area contributed by atoms with E-state index in [0.717, 1.165) is 10.9 Å². The van der Waals surface area contributed by atoms with Crippen LogP contribution in [-0.4, -0.2) is 67.1 Å². The summed E-state index contributed by atoms with van der Waals surface area (Å²) >= 11 is 12.1. The van der Waals surface area contributed by atoms with Crippen molar-refractivity contribution < 1.29 is 4.79 Å². The third-order valence-corrected chi connectivity index (χ3v) is 6.82. The van der Waals surface area contributed by atoms with Crippen molar-refractivity contribution in [2.24, 2.45) is 0 Å². The van der Waals surface area contributed by atoms with Crippen LogP contribution in [-0.2, 0) is 6.54 Å². The van der Waals surface area contributed by atoms with Gasteiger partial charge in [-0.2, -0.15) is 5.26 Å². The van der Waals surface area contributed by atoms with Crippen molar-refractivity contribution in [1.82, 2.24) is 20.5 Å². The molecule has 2 heterocycles. The monoisotopic (exact) mass is 514 g/mol. The van der Waals surface area contributed by atoms with Crippen molar-refractivity contribution >= 4 is 45.7 Å². The summed E-state index contributed by atoms with van der Waals surface area (Å²) in [7, 11) is 3.90. The van der Waals surface area contributed by atoms with Crippen molar-refractivity contribution in [2.75, 3.05) is 51.7 Å². The van der Waals surface area contributed by atoms with E-state index in [2.05, 4.69) is 6.07 Å². The number of piperazine rings is 1. The van der Waals surface area contributed by atoms with Gasteiger partial charge in [-0.15, -0.1) is 0 Å². The Balaban J connectivity index is 0.00000342. The van der Waals surface area contributed by atoms with Crippen LogP contribution in [0, 0.1) is 11.3 Å². The number of amides is 1. The number of para-hydroxylation sites is 1. The summed E-state index contributed by atoms with van der Waals surface area (Å²) in [5.74, 6) is -0.123. The van der Waals surface area contributed by atoms with E-state index in [1.165, 1.54) is 0 Å². The number of nitrogens with zero attached hydrogens (tertiary/aromatic N) is 5. The molecule has 184 valence electrons. The van der Waals surface area contributed by atoms with Gasteiger partial charge in [-0.05, 0) is 38.4 Å². The minimum atomic E-state index is -0.285. The highest BCUT2D eigenvalue weighted by Gasteiger charge is 2.27. The van der Waals surface area contributed by atoms with E-state index >= 15 is 0 Å². The minimum Gasteiger partial charge on any atom is -0.366 e. The highest BCUT2D eigenvalue weighted by atomic mass is 35.5. The molecule has 4 rings (SSSR count). The summed E-state index contributed by atoms with van der Waals surface area (Å²) in [6, 6.07) is 14.7. The molecule has 1 aliphatic heterocycles. The highest BCUT2D eigenvalue weighted by molar-refractivity contribution is 6.42. The second kappa shape index (κ2) is 11.1. The number of fused-ring (bicyclic) bond motifs is 1. The predicted molar refractivity (Wildman–Crippen MR) is 141 cm³/mol. The molecule has 8 nitrogen and oxygen atoms in total. The van der Waals surface area contributed by atoms with Crippen LogP contribution >= 0.6 is 23.2 Å². The van der Waals surface area contributed by atoms with Crippen molar-refractivity contribution in [2.45, 2.75) is 6.54 Å². The van der Waals surface area contributed by atoms with Gasteiger partial charge < -0.3 is 25.4 Å². The molecule has 0 unspecified atom stereocenters. The summed E-state index contributed by atoms with van der Waals surface area (Å²) < 4.78 is 1.68. The van der Waals surface area contributed by atoms with Crippen LogP contribution in [0.3, 0.4) is 0 Å². The number of carbonyl (C=O) groups is 1. The largest absolute Gasteiger partial charge is 0.366 e. The van der Waals surface area contributed by atoms with Crippen molar-refractivity contribution in [3.63, 3.8) is 0 Å². The molecule has 1 aromatic heterocycles. The second-order valence-corrected chi connectivity index (χ2v) is 9.34. The molecule has 0 bridgehead atoms. The maximum absolute atomic E-state index is 13.3. The minimum absolute atomic E-state index is 0. The average molecular weight is 515 g/mol. The number of hydrogen-bond acceptors (Lipinski definition) is 6. The van der Waals surface area contributed by atoms with E-state index in [4.69, 9.17) is 23.2 Å². The normalized spacial score (nSPS) is 13.6. The Hall–Kier alpha value is -3.09. The standard InChI is InChI=1S/C25H25Cl2N5O2.H3N/c1-29(2)9-14-32-22-6-4-3-5-18(22)23(19(16-28)25(32)34)30-10-12-31(13-11-30)24(33)17-7-8-20(26)21(27)15-17;/h3-8,15H,9-14H2,1-2H3;1H3. The van der Waals surface area contributed by atoms with Gasteiger partial charge in [0.05, 0.1) is 21.2 Å². The van der Waals surface area contributed by atoms with Gasteiger partial charge in [-0.3, -0.25) is 9.59 Å². The first kappa shape index (κ1) is 26.5. The van der Waals surface area contributed by atoms with Gasteiger partial charge in [-0.1, -0.05) is 41.4 Å². The number of carbonyl (C=O) groups excluding carboxylic acids is 1. The van der Waals surface area contributed by atoms with Crippen LogP contribution in [0.2, 0.25) is 10.0 Å². The fourth-order valence-corrected chi connectivity index (χ4v) is 4.58. The molecule has 1 saturated heterocycles. The number of hydrogen-bond donors (Lipinski definition) is 1. The first-order valence-electron chi connectivity index (χ1n) is 11.0. The zero-order chi connectivity index (χ0) is 24.4. The van der Waals surface area contributed by atoms with Crippen molar-refractivity contribution in [3.05, 3.63) is 74.0 Å². The lowest BCUT2D eigenvalue weighted by molar-refractivity contribution is 0.0747. The number of rotatable bonds is 5. The van der Waals surface area contributed by atoms with E-state index in [1.807, 2.05) is 48.2 Å². The molecule has 2 aromatic carbocycles. The molecule has 35 heavy (non-hydrogen) atoms. The smallest absolute Gasteiger partial charge is 0.271 e. The van der Waals surface area contributed by atoms with E-state index in [-0.39, 0.29) is 23.2 Å². The zero-order valence-corrected chi connectivity index (χ0v) is 21.3. The number of nitriles is 1. The molecule has 10 heteroatoms. The number of benzene rings is 2. The van der Waals surface area contributed by atoms with Crippen LogP contribution in [0.15, 0.2) is 47.3 Å². The SMILES string of the molecule is CN(C)CCn1c(=O)c(C#N)c(N2CCN(C(=O)c3ccc(Cl)c(Cl)c3)CC2)c2ccccc21.N. The van der Waals surface area contributed by atoms with Gasteiger partial charge in [0.2, 0.25) is 0 Å². The summed E-state index contributed by atoms with van der Waals surface area (Å²) in [6.45, 7) is 3.11. The summed E-state index contributed by atoms with van der Waals surface area (Å²) in [6.07, 6.45) is 0. The Kier molecular flexibility index (Phi) is 8.41. The quantitative estimate of drug-likeness (QED) is 0.553. The molecule has 1 amide bonds. The molecule has 3 aromatic rings. The van der Waals surface area contributed by atoms with Crippen LogP contribution in [0.5, 0.6) is 0 Å². The van der Waals surface area contributed by atoms with Gasteiger partial charge in [-0.25, -0.2) is 0 Å². The summed E-state index contributed by atoms with van der Waals surface area (Å²) in [5.41, 5.74) is 1.78. The van der Waals surface area contributed by atoms with Crippen LogP contribution in [0.1, 0.15) is 15.9 Å². The van der Waals surface area contributed by atoms with Gasteiger partial charge >= 0.3 is 0 Å². The molecule has 0 radical (unpaired) electrons. The van der Waals surface area contributed by atoms with E-state index < -0.39 is 0 Å². The van der Waals surface area contributed by atoms with Gasteiger partial charge in [0, 0.05) is 50.2 Å². The number of aromatic nitrogens is 1. The van der Waals surface area contributed by atoms with Gasteiger partial charge in [0.15, 0.2) is 0 Å².